The van der Waals surface area contributed by atoms with Gasteiger partial charge in [0, 0.05) is 25.1 Å². The molecule has 1 amide bonds. The lowest BCUT2D eigenvalue weighted by atomic mass is 10.2. The summed E-state index contributed by atoms with van der Waals surface area (Å²) in [6.07, 6.45) is 5.13. The minimum absolute atomic E-state index is 0.0402. The van der Waals surface area contributed by atoms with E-state index in [4.69, 9.17) is 11.2 Å². The van der Waals surface area contributed by atoms with Crippen LogP contribution in [0.4, 0.5) is 0 Å². The Bertz CT molecular complexity index is 485. The van der Waals surface area contributed by atoms with Gasteiger partial charge in [-0.05, 0) is 24.6 Å². The van der Waals surface area contributed by atoms with Crippen molar-refractivity contribution < 1.29 is 9.53 Å². The molecule has 0 saturated heterocycles. The summed E-state index contributed by atoms with van der Waals surface area (Å²) in [7, 11) is 1.69. The van der Waals surface area contributed by atoms with Gasteiger partial charge in [0.25, 0.3) is 0 Å². The molecule has 4 nitrogen and oxygen atoms in total. The van der Waals surface area contributed by atoms with Crippen LogP contribution in [-0.4, -0.2) is 38.0 Å². The van der Waals surface area contributed by atoms with Crippen molar-refractivity contribution in [1.29, 1.82) is 0 Å². The van der Waals surface area contributed by atoms with Crippen LogP contribution in [0.3, 0.4) is 0 Å². The molecule has 0 fully saturated rings. The van der Waals surface area contributed by atoms with E-state index in [2.05, 4.69) is 28.7 Å². The summed E-state index contributed by atoms with van der Waals surface area (Å²) in [5.74, 6) is 2.36. The molecule has 0 heterocycles. The van der Waals surface area contributed by atoms with Crippen LogP contribution < -0.4 is 10.6 Å². The monoisotopic (exact) mass is 306 g/mol. The standard InChI is InChI=1S/C16H22N2O2S/c1-4-8-18-16(19)13(2)21-15-7-5-6-14(11-15)12-17-9-10-20-3/h1,5-7,11,13,17H,8-10,12H2,2-3H3,(H,18,19). The Kier molecular flexibility index (Phi) is 8.60. The smallest absolute Gasteiger partial charge is 0.233 e. The van der Waals surface area contributed by atoms with Gasteiger partial charge in [-0.2, -0.15) is 0 Å². The van der Waals surface area contributed by atoms with Crippen LogP contribution in [-0.2, 0) is 16.1 Å². The summed E-state index contributed by atoms with van der Waals surface area (Å²) < 4.78 is 4.99. The normalized spacial score (nSPS) is 11.7. The van der Waals surface area contributed by atoms with Crippen LogP contribution in [0, 0.1) is 12.3 Å². The van der Waals surface area contributed by atoms with E-state index in [9.17, 15) is 4.79 Å². The molecule has 0 spiro atoms. The van der Waals surface area contributed by atoms with Gasteiger partial charge in [-0.25, -0.2) is 0 Å². The fraction of sp³-hybridized carbons (Fsp3) is 0.438. The van der Waals surface area contributed by atoms with Crippen molar-refractivity contribution in [3.05, 3.63) is 29.8 Å². The van der Waals surface area contributed by atoms with Crippen molar-refractivity contribution in [3.63, 3.8) is 0 Å². The maximum absolute atomic E-state index is 11.8. The summed E-state index contributed by atoms with van der Waals surface area (Å²) in [4.78, 5) is 12.9. The molecule has 114 valence electrons. The van der Waals surface area contributed by atoms with Crippen LogP contribution in [0.5, 0.6) is 0 Å². The molecule has 21 heavy (non-hydrogen) atoms. The highest BCUT2D eigenvalue weighted by Crippen LogP contribution is 2.24. The van der Waals surface area contributed by atoms with Gasteiger partial charge in [0.2, 0.25) is 5.91 Å². The number of terminal acetylenes is 1. The van der Waals surface area contributed by atoms with Gasteiger partial charge in [-0.15, -0.1) is 18.2 Å². The van der Waals surface area contributed by atoms with Crippen LogP contribution in [0.15, 0.2) is 29.2 Å². The Morgan fingerprint density at radius 3 is 3.05 bits per heavy atom. The van der Waals surface area contributed by atoms with Crippen LogP contribution in [0.25, 0.3) is 0 Å². The highest BCUT2D eigenvalue weighted by molar-refractivity contribution is 8.00. The van der Waals surface area contributed by atoms with Gasteiger partial charge < -0.3 is 15.4 Å². The van der Waals surface area contributed by atoms with Gasteiger partial charge in [0.1, 0.15) is 0 Å². The lowest BCUT2D eigenvalue weighted by Crippen LogP contribution is -2.31. The summed E-state index contributed by atoms with van der Waals surface area (Å²) in [6.45, 7) is 4.45. The van der Waals surface area contributed by atoms with E-state index >= 15 is 0 Å². The Morgan fingerprint density at radius 1 is 1.52 bits per heavy atom. The van der Waals surface area contributed by atoms with E-state index in [0.717, 1.165) is 18.0 Å². The third-order valence-corrected chi connectivity index (χ3v) is 3.85. The summed E-state index contributed by atoms with van der Waals surface area (Å²) in [5, 5.41) is 5.82. The SMILES string of the molecule is C#CCNC(=O)C(C)Sc1cccc(CNCCOC)c1. The Labute approximate surface area is 131 Å². The zero-order valence-electron chi connectivity index (χ0n) is 12.5. The number of hydrogen-bond acceptors (Lipinski definition) is 4. The van der Waals surface area contributed by atoms with E-state index in [1.54, 1.807) is 7.11 Å². The molecule has 0 bridgehead atoms. The van der Waals surface area contributed by atoms with Gasteiger partial charge in [-0.3, -0.25) is 4.79 Å². The molecule has 1 aromatic carbocycles. The first-order valence-corrected chi connectivity index (χ1v) is 7.71. The van der Waals surface area contributed by atoms with Crippen LogP contribution >= 0.6 is 11.8 Å². The fourth-order valence-electron chi connectivity index (χ4n) is 1.68. The van der Waals surface area contributed by atoms with Crippen molar-refractivity contribution in [2.75, 3.05) is 26.8 Å². The summed E-state index contributed by atoms with van der Waals surface area (Å²) in [6, 6.07) is 8.17. The number of carbonyl (C=O) groups is 1. The van der Waals surface area contributed by atoms with Gasteiger partial charge in [0.05, 0.1) is 18.4 Å². The molecular weight excluding hydrogens is 284 g/mol. The lowest BCUT2D eigenvalue weighted by molar-refractivity contribution is -0.120. The quantitative estimate of drug-likeness (QED) is 0.414. The number of methoxy groups -OCH3 is 1. The third-order valence-electron chi connectivity index (χ3n) is 2.76. The molecular formula is C16H22N2O2S. The number of hydrogen-bond donors (Lipinski definition) is 2. The van der Waals surface area contributed by atoms with Gasteiger partial charge >= 0.3 is 0 Å². The van der Waals surface area contributed by atoms with Gasteiger partial charge in [0.15, 0.2) is 0 Å². The first-order chi connectivity index (χ1) is 10.2. The van der Waals surface area contributed by atoms with Crippen LogP contribution in [0.1, 0.15) is 12.5 Å². The largest absolute Gasteiger partial charge is 0.383 e. The average Bonchev–Trinajstić information content (AvgIpc) is 2.49. The van der Waals surface area contributed by atoms with E-state index in [0.29, 0.717) is 6.61 Å². The van der Waals surface area contributed by atoms with Crippen LogP contribution in [0.2, 0.25) is 0 Å². The molecule has 2 N–H and O–H groups in total. The molecule has 0 aromatic heterocycles. The van der Waals surface area contributed by atoms with Crippen molar-refractivity contribution in [1.82, 2.24) is 10.6 Å². The average molecular weight is 306 g/mol. The Balaban J connectivity index is 2.48. The number of ether oxygens (including phenoxy) is 1. The zero-order chi connectivity index (χ0) is 15.5. The summed E-state index contributed by atoms with van der Waals surface area (Å²) in [5.41, 5.74) is 1.19. The molecule has 5 heteroatoms. The van der Waals surface area contributed by atoms with Crippen molar-refractivity contribution in [3.8, 4) is 12.3 Å². The second-order valence-electron chi connectivity index (χ2n) is 4.50. The molecule has 0 aliphatic carbocycles. The fourth-order valence-corrected chi connectivity index (χ4v) is 2.65. The van der Waals surface area contributed by atoms with Crippen molar-refractivity contribution >= 4 is 17.7 Å². The van der Waals surface area contributed by atoms with E-state index < -0.39 is 0 Å². The molecule has 0 aliphatic rings. The lowest BCUT2D eigenvalue weighted by Gasteiger charge is -2.11. The highest BCUT2D eigenvalue weighted by atomic mass is 32.2. The number of rotatable bonds is 9. The maximum Gasteiger partial charge on any atom is 0.233 e. The first kappa shape index (κ1) is 17.6. The minimum atomic E-state index is -0.171. The number of thioether (sulfide) groups is 1. The predicted octanol–water partition coefficient (Wildman–Crippen LogP) is 1.65. The topological polar surface area (TPSA) is 50.4 Å². The number of amides is 1. The van der Waals surface area contributed by atoms with Crippen molar-refractivity contribution in [2.24, 2.45) is 0 Å². The molecule has 0 aliphatic heterocycles. The van der Waals surface area contributed by atoms with E-state index in [1.165, 1.54) is 17.3 Å². The van der Waals surface area contributed by atoms with E-state index in [-0.39, 0.29) is 17.7 Å². The molecule has 0 radical (unpaired) electrons. The number of carbonyl (C=O) groups excluding carboxylic acids is 1. The first-order valence-electron chi connectivity index (χ1n) is 6.83. The maximum atomic E-state index is 11.8. The summed E-state index contributed by atoms with van der Waals surface area (Å²) >= 11 is 1.53. The van der Waals surface area contributed by atoms with Gasteiger partial charge in [-0.1, -0.05) is 18.1 Å². The molecule has 1 rings (SSSR count). The molecule has 1 aromatic rings. The zero-order valence-corrected chi connectivity index (χ0v) is 13.3. The van der Waals surface area contributed by atoms with Crippen molar-refractivity contribution in [2.45, 2.75) is 23.6 Å². The second-order valence-corrected chi connectivity index (χ2v) is 5.91. The highest BCUT2D eigenvalue weighted by Gasteiger charge is 2.13. The Morgan fingerprint density at radius 2 is 2.33 bits per heavy atom. The third kappa shape index (κ3) is 7.19. The number of nitrogens with one attached hydrogen (secondary N) is 2. The minimum Gasteiger partial charge on any atom is -0.383 e. The predicted molar refractivity (Wildman–Crippen MR) is 87.2 cm³/mol. The second kappa shape index (κ2) is 10.3. The Hall–Kier alpha value is -1.48. The molecule has 1 unspecified atom stereocenters. The molecule has 1 atom stereocenters. The number of benzene rings is 1. The van der Waals surface area contributed by atoms with E-state index in [1.807, 2.05) is 19.1 Å². The molecule has 0 saturated carbocycles.